The molecule has 1 aromatic rings. The Labute approximate surface area is 93.0 Å². The van der Waals surface area contributed by atoms with Gasteiger partial charge in [-0.1, -0.05) is 23.4 Å². The topological polar surface area (TPSA) is 21.3 Å². The first-order valence-electron chi connectivity index (χ1n) is 4.59. The molecule has 1 saturated heterocycles. The molecule has 0 spiro atoms. The van der Waals surface area contributed by atoms with Gasteiger partial charge >= 0.3 is 0 Å². The second kappa shape index (κ2) is 5.03. The maximum absolute atomic E-state index is 5.80. The fourth-order valence-electron chi connectivity index (χ4n) is 1.28. The Kier molecular flexibility index (Phi) is 3.70. The number of hydrogen-bond acceptors (Lipinski definition) is 3. The molecule has 2 rings (SSSR count). The zero-order valence-electron chi connectivity index (χ0n) is 7.70. The summed E-state index contributed by atoms with van der Waals surface area (Å²) in [5, 5.41) is 4.07. The first-order valence-corrected chi connectivity index (χ1v) is 5.85. The zero-order valence-corrected chi connectivity index (χ0v) is 9.27. The van der Waals surface area contributed by atoms with Gasteiger partial charge in [-0.15, -0.1) is 0 Å². The van der Waals surface area contributed by atoms with Crippen molar-refractivity contribution in [2.75, 3.05) is 19.7 Å². The number of hydrogen-bond donors (Lipinski definition) is 1. The van der Waals surface area contributed by atoms with Gasteiger partial charge < -0.3 is 10.1 Å². The monoisotopic (exact) mass is 229 g/mol. The third-order valence-corrected chi connectivity index (χ3v) is 3.34. The molecule has 0 aromatic heterocycles. The predicted octanol–water partition coefficient (Wildman–Crippen LogP) is 2.38. The van der Waals surface area contributed by atoms with Crippen LogP contribution in [-0.2, 0) is 4.74 Å². The zero-order chi connectivity index (χ0) is 9.80. The summed E-state index contributed by atoms with van der Waals surface area (Å²) in [7, 11) is 0. The first kappa shape index (κ1) is 10.3. The molecule has 14 heavy (non-hydrogen) atoms. The maximum Gasteiger partial charge on any atom is 0.120 e. The average Bonchev–Trinajstić information content (AvgIpc) is 2.23. The molecule has 1 heterocycles. The van der Waals surface area contributed by atoms with Crippen molar-refractivity contribution in [1.82, 2.24) is 5.32 Å². The lowest BCUT2D eigenvalue weighted by molar-refractivity contribution is 0.0853. The van der Waals surface area contributed by atoms with Crippen molar-refractivity contribution >= 4 is 23.4 Å². The van der Waals surface area contributed by atoms with Crippen LogP contribution in [0.1, 0.15) is 0 Å². The fourth-order valence-corrected chi connectivity index (χ4v) is 2.37. The number of ether oxygens (including phenoxy) is 1. The minimum absolute atomic E-state index is 0.227. The van der Waals surface area contributed by atoms with E-state index < -0.39 is 0 Å². The highest BCUT2D eigenvalue weighted by atomic mass is 35.5. The molecule has 1 aliphatic heterocycles. The number of nitrogens with one attached hydrogen (secondary N) is 1. The molecular weight excluding hydrogens is 218 g/mol. The third kappa shape index (κ3) is 2.89. The Morgan fingerprint density at radius 3 is 2.79 bits per heavy atom. The van der Waals surface area contributed by atoms with E-state index in [1.54, 1.807) is 11.8 Å². The molecule has 0 aliphatic carbocycles. The van der Waals surface area contributed by atoms with Crippen molar-refractivity contribution in [3.63, 3.8) is 0 Å². The normalized spacial score (nSPS) is 22.2. The van der Waals surface area contributed by atoms with E-state index in [2.05, 4.69) is 5.32 Å². The molecule has 4 heteroatoms. The van der Waals surface area contributed by atoms with Gasteiger partial charge in [-0.2, -0.15) is 0 Å². The maximum atomic E-state index is 5.80. The summed E-state index contributed by atoms with van der Waals surface area (Å²) >= 11 is 7.53. The van der Waals surface area contributed by atoms with Crippen LogP contribution in [0.5, 0.6) is 0 Å². The van der Waals surface area contributed by atoms with Gasteiger partial charge in [0, 0.05) is 23.0 Å². The number of morpholine rings is 1. The SMILES string of the molecule is Clc1ccc(SC2CNCCO2)cc1. The van der Waals surface area contributed by atoms with Crippen molar-refractivity contribution in [3.8, 4) is 0 Å². The van der Waals surface area contributed by atoms with Gasteiger partial charge in [0.05, 0.1) is 6.61 Å². The predicted molar refractivity (Wildman–Crippen MR) is 59.9 cm³/mol. The van der Waals surface area contributed by atoms with Crippen LogP contribution >= 0.6 is 23.4 Å². The number of thioether (sulfide) groups is 1. The van der Waals surface area contributed by atoms with Crippen molar-refractivity contribution in [1.29, 1.82) is 0 Å². The number of halogens is 1. The molecule has 0 saturated carbocycles. The molecular formula is C10H12ClNOS. The summed E-state index contributed by atoms with van der Waals surface area (Å²) in [5.41, 5.74) is 0.227. The third-order valence-electron chi connectivity index (χ3n) is 1.97. The molecule has 1 aliphatic rings. The second-order valence-corrected chi connectivity index (χ2v) is 4.75. The van der Waals surface area contributed by atoms with Gasteiger partial charge in [0.2, 0.25) is 0 Å². The lowest BCUT2D eigenvalue weighted by Gasteiger charge is -2.22. The number of rotatable bonds is 2. The van der Waals surface area contributed by atoms with Gasteiger partial charge in [-0.3, -0.25) is 0 Å². The molecule has 0 bridgehead atoms. The molecule has 1 atom stereocenters. The van der Waals surface area contributed by atoms with Crippen molar-refractivity contribution in [2.45, 2.75) is 10.3 Å². The Hall–Kier alpha value is -0.220. The van der Waals surface area contributed by atoms with Gasteiger partial charge in [0.25, 0.3) is 0 Å². The van der Waals surface area contributed by atoms with E-state index in [4.69, 9.17) is 16.3 Å². The smallest absolute Gasteiger partial charge is 0.120 e. The van der Waals surface area contributed by atoms with Crippen LogP contribution in [-0.4, -0.2) is 25.1 Å². The molecule has 0 amide bonds. The number of benzene rings is 1. The highest BCUT2D eigenvalue weighted by Gasteiger charge is 2.13. The Bertz CT molecular complexity index is 285. The van der Waals surface area contributed by atoms with Gasteiger partial charge in [0.1, 0.15) is 5.44 Å². The molecule has 1 aromatic carbocycles. The van der Waals surface area contributed by atoms with Crippen LogP contribution < -0.4 is 5.32 Å². The molecule has 0 radical (unpaired) electrons. The van der Waals surface area contributed by atoms with Crippen LogP contribution in [0.4, 0.5) is 0 Å². The van der Waals surface area contributed by atoms with Gasteiger partial charge in [0.15, 0.2) is 0 Å². The van der Waals surface area contributed by atoms with E-state index in [0.717, 1.165) is 24.7 Å². The molecule has 2 nitrogen and oxygen atoms in total. The lowest BCUT2D eigenvalue weighted by Crippen LogP contribution is -2.36. The summed E-state index contributed by atoms with van der Waals surface area (Å²) in [5.74, 6) is 0. The van der Waals surface area contributed by atoms with Crippen LogP contribution in [0.15, 0.2) is 29.2 Å². The van der Waals surface area contributed by atoms with Gasteiger partial charge in [-0.05, 0) is 24.3 Å². The minimum Gasteiger partial charge on any atom is -0.365 e. The molecule has 1 N–H and O–H groups in total. The Morgan fingerprint density at radius 2 is 2.14 bits per heavy atom. The lowest BCUT2D eigenvalue weighted by atomic mass is 10.4. The largest absolute Gasteiger partial charge is 0.365 e. The van der Waals surface area contributed by atoms with Crippen molar-refractivity contribution in [3.05, 3.63) is 29.3 Å². The van der Waals surface area contributed by atoms with E-state index in [1.165, 1.54) is 4.90 Å². The molecule has 76 valence electrons. The summed E-state index contributed by atoms with van der Waals surface area (Å²) < 4.78 is 5.58. The van der Waals surface area contributed by atoms with Crippen LogP contribution in [0.2, 0.25) is 5.02 Å². The Morgan fingerprint density at radius 1 is 1.36 bits per heavy atom. The summed E-state index contributed by atoms with van der Waals surface area (Å²) in [6.07, 6.45) is 0. The Balaban J connectivity index is 1.92. The van der Waals surface area contributed by atoms with Crippen molar-refractivity contribution < 1.29 is 4.74 Å². The van der Waals surface area contributed by atoms with Crippen LogP contribution in [0.3, 0.4) is 0 Å². The average molecular weight is 230 g/mol. The highest BCUT2D eigenvalue weighted by molar-refractivity contribution is 7.99. The minimum atomic E-state index is 0.227. The molecule has 1 fully saturated rings. The molecule has 1 unspecified atom stereocenters. The van der Waals surface area contributed by atoms with Crippen LogP contribution in [0, 0.1) is 0 Å². The summed E-state index contributed by atoms with van der Waals surface area (Å²) in [4.78, 5) is 1.20. The first-order chi connectivity index (χ1) is 6.84. The van der Waals surface area contributed by atoms with E-state index in [1.807, 2.05) is 24.3 Å². The van der Waals surface area contributed by atoms with Gasteiger partial charge in [-0.25, -0.2) is 0 Å². The summed E-state index contributed by atoms with van der Waals surface area (Å²) in [6, 6.07) is 7.84. The van der Waals surface area contributed by atoms with E-state index in [0.29, 0.717) is 0 Å². The van der Waals surface area contributed by atoms with Crippen LogP contribution in [0.25, 0.3) is 0 Å². The second-order valence-electron chi connectivity index (χ2n) is 3.08. The fraction of sp³-hybridized carbons (Fsp3) is 0.400. The quantitative estimate of drug-likeness (QED) is 0.842. The highest BCUT2D eigenvalue weighted by Crippen LogP contribution is 2.25. The van der Waals surface area contributed by atoms with E-state index >= 15 is 0 Å². The standard InChI is InChI=1S/C10H12ClNOS/c11-8-1-3-9(4-2-8)14-10-7-12-5-6-13-10/h1-4,10,12H,5-7H2. The van der Waals surface area contributed by atoms with E-state index in [9.17, 15) is 0 Å². The van der Waals surface area contributed by atoms with E-state index in [-0.39, 0.29) is 5.44 Å². The van der Waals surface area contributed by atoms with Crippen molar-refractivity contribution in [2.24, 2.45) is 0 Å². The summed E-state index contributed by atoms with van der Waals surface area (Å²) in [6.45, 7) is 2.66.